The zero-order valence-corrected chi connectivity index (χ0v) is 5.08. The van der Waals surface area contributed by atoms with Crippen molar-refractivity contribution >= 4 is 0 Å². The molecule has 7 heavy (non-hydrogen) atoms. The lowest BCUT2D eigenvalue weighted by Crippen LogP contribution is -2.58. The van der Waals surface area contributed by atoms with E-state index in [1.807, 2.05) is 6.92 Å². The molecule has 0 fully saturated rings. The molecule has 4 N–H and O–H groups in total. The van der Waals surface area contributed by atoms with E-state index >= 15 is 0 Å². The summed E-state index contributed by atoms with van der Waals surface area (Å²) in [4.78, 5) is 0. The third-order valence-electron chi connectivity index (χ3n) is 1.04. The number of hydrogen-bond donors (Lipinski definition) is 3. The Morgan fingerprint density at radius 3 is 1.57 bits per heavy atom. The maximum atomic E-state index is 5.49. The molecular formula is C4H13N3. The number of hydrogen-bond acceptors (Lipinski definition) is 3. The van der Waals surface area contributed by atoms with Gasteiger partial charge in [-0.2, -0.15) is 0 Å². The van der Waals surface area contributed by atoms with Gasteiger partial charge in [-0.3, -0.25) is 10.6 Å². The second-order valence-electron chi connectivity index (χ2n) is 1.70. The maximum Gasteiger partial charge on any atom is 0.117 e. The van der Waals surface area contributed by atoms with Crippen molar-refractivity contribution in [3.63, 3.8) is 0 Å². The molecule has 0 atom stereocenters. The average Bonchev–Trinajstić information content (AvgIpc) is 1.68. The summed E-state index contributed by atoms with van der Waals surface area (Å²) in [5.74, 6) is -0.417. The van der Waals surface area contributed by atoms with Crippen LogP contribution in [0.25, 0.3) is 0 Å². The van der Waals surface area contributed by atoms with E-state index in [1.54, 1.807) is 14.1 Å². The second kappa shape index (κ2) is 2.26. The zero-order valence-electron chi connectivity index (χ0n) is 5.08. The molecule has 0 aromatic carbocycles. The Balaban J connectivity index is 3.36. The fourth-order valence-electron chi connectivity index (χ4n) is 0.125. The van der Waals surface area contributed by atoms with Crippen molar-refractivity contribution in [1.82, 2.24) is 10.6 Å². The molecular weight excluding hydrogens is 90.1 g/mol. The standard InChI is InChI=1S/C4H13N3/c1-4(5,6-2)7-3/h6-7H,5H2,1-3H3. The molecule has 0 aliphatic rings. The Bertz CT molecular complexity index is 44.9. The topological polar surface area (TPSA) is 50.1 Å². The van der Waals surface area contributed by atoms with Crippen molar-refractivity contribution in [1.29, 1.82) is 0 Å². The van der Waals surface area contributed by atoms with Crippen LogP contribution in [0.15, 0.2) is 0 Å². The highest BCUT2D eigenvalue weighted by Crippen LogP contribution is 1.78. The smallest absolute Gasteiger partial charge is 0.117 e. The summed E-state index contributed by atoms with van der Waals surface area (Å²) in [6.07, 6.45) is 0. The van der Waals surface area contributed by atoms with Gasteiger partial charge in [0.2, 0.25) is 0 Å². The van der Waals surface area contributed by atoms with E-state index in [2.05, 4.69) is 10.6 Å². The number of nitrogens with one attached hydrogen (secondary N) is 2. The summed E-state index contributed by atoms with van der Waals surface area (Å²) in [6.45, 7) is 1.85. The quantitative estimate of drug-likeness (QED) is 0.395. The van der Waals surface area contributed by atoms with Crippen LogP contribution in [0.3, 0.4) is 0 Å². The van der Waals surface area contributed by atoms with Crippen LogP contribution in [0.4, 0.5) is 0 Å². The van der Waals surface area contributed by atoms with E-state index in [0.717, 1.165) is 0 Å². The molecule has 0 radical (unpaired) electrons. The highest BCUT2D eigenvalue weighted by atomic mass is 15.3. The molecule has 0 heterocycles. The van der Waals surface area contributed by atoms with Gasteiger partial charge in [0, 0.05) is 0 Å². The Labute approximate surface area is 44.3 Å². The molecule has 0 rings (SSSR count). The normalized spacial score (nSPS) is 12.0. The zero-order chi connectivity index (χ0) is 5.91. The fourth-order valence-corrected chi connectivity index (χ4v) is 0.125. The second-order valence-corrected chi connectivity index (χ2v) is 1.70. The fraction of sp³-hybridized carbons (Fsp3) is 1.00. The van der Waals surface area contributed by atoms with E-state index in [1.165, 1.54) is 0 Å². The van der Waals surface area contributed by atoms with Gasteiger partial charge in [0.1, 0.15) is 5.79 Å². The van der Waals surface area contributed by atoms with Crippen LogP contribution in [-0.4, -0.2) is 19.9 Å². The Morgan fingerprint density at radius 2 is 1.57 bits per heavy atom. The van der Waals surface area contributed by atoms with Crippen molar-refractivity contribution < 1.29 is 0 Å². The van der Waals surface area contributed by atoms with Gasteiger partial charge in [-0.05, 0) is 21.0 Å². The van der Waals surface area contributed by atoms with Crippen molar-refractivity contribution in [2.24, 2.45) is 5.73 Å². The van der Waals surface area contributed by atoms with Gasteiger partial charge in [0.15, 0.2) is 0 Å². The molecule has 0 saturated carbocycles. The lowest BCUT2D eigenvalue weighted by Gasteiger charge is -2.22. The summed E-state index contributed by atoms with van der Waals surface area (Å²) in [7, 11) is 3.60. The van der Waals surface area contributed by atoms with Gasteiger partial charge in [0.05, 0.1) is 0 Å². The Kier molecular flexibility index (Phi) is 2.22. The summed E-state index contributed by atoms with van der Waals surface area (Å²) >= 11 is 0. The van der Waals surface area contributed by atoms with E-state index in [9.17, 15) is 0 Å². The van der Waals surface area contributed by atoms with Crippen molar-refractivity contribution in [3.05, 3.63) is 0 Å². The molecule has 0 aromatic heterocycles. The molecule has 0 saturated heterocycles. The minimum absolute atomic E-state index is 0.417. The van der Waals surface area contributed by atoms with Gasteiger partial charge in [-0.15, -0.1) is 0 Å². The summed E-state index contributed by atoms with van der Waals surface area (Å²) in [5, 5.41) is 5.72. The average molecular weight is 103 g/mol. The molecule has 0 aromatic rings. The first-order valence-electron chi connectivity index (χ1n) is 2.29. The number of rotatable bonds is 2. The van der Waals surface area contributed by atoms with Gasteiger partial charge >= 0.3 is 0 Å². The summed E-state index contributed by atoms with van der Waals surface area (Å²) < 4.78 is 0. The van der Waals surface area contributed by atoms with Crippen molar-refractivity contribution in [3.8, 4) is 0 Å². The predicted molar refractivity (Wildman–Crippen MR) is 30.7 cm³/mol. The van der Waals surface area contributed by atoms with E-state index in [4.69, 9.17) is 5.73 Å². The van der Waals surface area contributed by atoms with Crippen LogP contribution in [0.1, 0.15) is 6.92 Å². The largest absolute Gasteiger partial charge is 0.301 e. The molecule has 0 aliphatic heterocycles. The molecule has 3 heteroatoms. The van der Waals surface area contributed by atoms with Gasteiger partial charge in [-0.25, -0.2) is 0 Å². The highest BCUT2D eigenvalue weighted by molar-refractivity contribution is 4.65. The third-order valence-corrected chi connectivity index (χ3v) is 1.04. The maximum absolute atomic E-state index is 5.49. The van der Waals surface area contributed by atoms with Crippen LogP contribution in [0, 0.1) is 0 Å². The van der Waals surface area contributed by atoms with E-state index < -0.39 is 5.79 Å². The molecule has 0 spiro atoms. The van der Waals surface area contributed by atoms with Crippen LogP contribution >= 0.6 is 0 Å². The lowest BCUT2D eigenvalue weighted by atomic mass is 10.4. The van der Waals surface area contributed by atoms with Gasteiger partial charge in [-0.1, -0.05) is 0 Å². The van der Waals surface area contributed by atoms with Gasteiger partial charge < -0.3 is 5.73 Å². The Hall–Kier alpha value is -0.120. The van der Waals surface area contributed by atoms with Crippen LogP contribution in [0.2, 0.25) is 0 Å². The molecule has 0 bridgehead atoms. The molecule has 44 valence electrons. The van der Waals surface area contributed by atoms with E-state index in [0.29, 0.717) is 0 Å². The SMILES string of the molecule is CNC(C)(N)NC. The number of nitrogens with two attached hydrogens (primary N) is 1. The van der Waals surface area contributed by atoms with E-state index in [-0.39, 0.29) is 0 Å². The monoisotopic (exact) mass is 103 g/mol. The predicted octanol–water partition coefficient (Wildman–Crippen LogP) is -0.942. The molecule has 0 amide bonds. The van der Waals surface area contributed by atoms with Gasteiger partial charge in [0.25, 0.3) is 0 Å². The summed E-state index contributed by atoms with van der Waals surface area (Å²) in [6, 6.07) is 0. The lowest BCUT2D eigenvalue weighted by molar-refractivity contribution is 0.341. The molecule has 0 aliphatic carbocycles. The minimum atomic E-state index is -0.417. The van der Waals surface area contributed by atoms with Crippen molar-refractivity contribution in [2.75, 3.05) is 14.1 Å². The van der Waals surface area contributed by atoms with Crippen LogP contribution in [0.5, 0.6) is 0 Å². The van der Waals surface area contributed by atoms with Crippen molar-refractivity contribution in [2.45, 2.75) is 12.7 Å². The molecule has 0 unspecified atom stereocenters. The minimum Gasteiger partial charge on any atom is -0.301 e. The highest BCUT2D eigenvalue weighted by Gasteiger charge is 2.08. The molecule has 3 nitrogen and oxygen atoms in total. The first kappa shape index (κ1) is 6.88. The summed E-state index contributed by atoms with van der Waals surface area (Å²) in [5.41, 5.74) is 5.49. The first-order valence-corrected chi connectivity index (χ1v) is 2.29. The van der Waals surface area contributed by atoms with Crippen LogP contribution < -0.4 is 16.4 Å². The van der Waals surface area contributed by atoms with Crippen LogP contribution in [-0.2, 0) is 0 Å². The first-order chi connectivity index (χ1) is 3.12. The third kappa shape index (κ3) is 2.56. The Morgan fingerprint density at radius 1 is 1.29 bits per heavy atom.